The topological polar surface area (TPSA) is 57.6 Å². The first kappa shape index (κ1) is 18.1. The minimum absolute atomic E-state index is 0.140. The van der Waals surface area contributed by atoms with Gasteiger partial charge >= 0.3 is 5.97 Å². The molecule has 0 aromatic rings. The quantitative estimate of drug-likeness (QED) is 0.389. The molecule has 0 aliphatic carbocycles. The number of carbonyl (C=O) groups is 2. The summed E-state index contributed by atoms with van der Waals surface area (Å²) < 4.78 is 0. The molecule has 0 saturated carbocycles. The average Bonchev–Trinajstić information content (AvgIpc) is 2.35. The zero-order valence-electron chi connectivity index (χ0n) is 12.3. The lowest BCUT2D eigenvalue weighted by Gasteiger charge is -2.13. The fraction of sp³-hybridized carbons (Fsp3) is 0.867. The molecule has 1 N–H and O–H groups in total. The van der Waals surface area contributed by atoms with E-state index in [1.54, 1.807) is 0 Å². The molecule has 0 fully saturated rings. The van der Waals surface area contributed by atoms with Gasteiger partial charge in [0.15, 0.2) is 0 Å². The normalized spacial score (nSPS) is 10.8. The molecule has 0 radical (unpaired) electrons. The van der Waals surface area contributed by atoms with Gasteiger partial charge in [-0.15, -0.1) is 0 Å². The summed E-state index contributed by atoms with van der Waals surface area (Å²) >= 11 is 0. The van der Waals surface area contributed by atoms with Crippen molar-refractivity contribution in [3.63, 3.8) is 0 Å². The standard InChI is InChI=1S/C15H29NO3/c1-16(14-15(18)19)12-10-8-6-4-2-3-5-7-9-11-13-17/h13H,2-12,14H2,1H3,(H,18,19). The Morgan fingerprint density at radius 2 is 1.42 bits per heavy atom. The van der Waals surface area contributed by atoms with Crippen LogP contribution in [0.15, 0.2) is 0 Å². The molecule has 0 aliphatic heterocycles. The van der Waals surface area contributed by atoms with Crippen LogP contribution in [0.1, 0.15) is 64.2 Å². The van der Waals surface area contributed by atoms with Crippen molar-refractivity contribution in [3.8, 4) is 0 Å². The summed E-state index contributed by atoms with van der Waals surface area (Å²) in [5.74, 6) is -0.753. The minimum Gasteiger partial charge on any atom is -0.480 e. The van der Waals surface area contributed by atoms with Crippen molar-refractivity contribution in [3.05, 3.63) is 0 Å². The van der Waals surface area contributed by atoms with E-state index in [1.165, 1.54) is 44.9 Å². The van der Waals surface area contributed by atoms with Gasteiger partial charge in [-0.1, -0.05) is 44.9 Å². The Labute approximate surface area is 117 Å². The third-order valence-electron chi connectivity index (χ3n) is 3.27. The van der Waals surface area contributed by atoms with Crippen LogP contribution in [-0.4, -0.2) is 42.4 Å². The minimum atomic E-state index is -0.753. The summed E-state index contributed by atoms with van der Waals surface area (Å²) in [5.41, 5.74) is 0. The lowest BCUT2D eigenvalue weighted by Crippen LogP contribution is -2.26. The van der Waals surface area contributed by atoms with Crippen LogP contribution in [0.25, 0.3) is 0 Å². The maximum absolute atomic E-state index is 10.5. The predicted molar refractivity (Wildman–Crippen MR) is 77.4 cm³/mol. The lowest BCUT2D eigenvalue weighted by atomic mass is 10.1. The monoisotopic (exact) mass is 271 g/mol. The number of hydrogen-bond donors (Lipinski definition) is 1. The van der Waals surface area contributed by atoms with Crippen LogP contribution in [-0.2, 0) is 9.59 Å². The first-order valence-corrected chi connectivity index (χ1v) is 7.50. The number of carboxylic acids is 1. The number of hydrogen-bond acceptors (Lipinski definition) is 3. The maximum atomic E-state index is 10.5. The van der Waals surface area contributed by atoms with Crippen LogP contribution in [0.5, 0.6) is 0 Å². The maximum Gasteiger partial charge on any atom is 0.317 e. The van der Waals surface area contributed by atoms with Gasteiger partial charge in [-0.3, -0.25) is 9.69 Å². The van der Waals surface area contributed by atoms with Crippen molar-refractivity contribution in [1.82, 2.24) is 4.90 Å². The van der Waals surface area contributed by atoms with Crippen LogP contribution < -0.4 is 0 Å². The summed E-state index contributed by atoms with van der Waals surface area (Å²) in [5, 5.41) is 8.60. The van der Waals surface area contributed by atoms with Gasteiger partial charge in [-0.05, 0) is 26.4 Å². The zero-order chi connectivity index (χ0) is 14.3. The fourth-order valence-corrected chi connectivity index (χ4v) is 2.16. The molecule has 19 heavy (non-hydrogen) atoms. The van der Waals surface area contributed by atoms with E-state index in [0.29, 0.717) is 6.42 Å². The Kier molecular flexibility index (Phi) is 12.9. The highest BCUT2D eigenvalue weighted by molar-refractivity contribution is 5.68. The second-order valence-corrected chi connectivity index (χ2v) is 5.27. The highest BCUT2D eigenvalue weighted by atomic mass is 16.4. The van der Waals surface area contributed by atoms with Gasteiger partial charge in [0.1, 0.15) is 6.29 Å². The molecule has 0 rings (SSSR count). The number of likely N-dealkylation sites (N-methyl/N-ethyl adjacent to an activating group) is 1. The summed E-state index contributed by atoms with van der Waals surface area (Å²) in [4.78, 5) is 22.4. The van der Waals surface area contributed by atoms with Gasteiger partial charge in [0, 0.05) is 6.42 Å². The summed E-state index contributed by atoms with van der Waals surface area (Å²) in [7, 11) is 1.85. The van der Waals surface area contributed by atoms with Crippen molar-refractivity contribution >= 4 is 12.3 Å². The smallest absolute Gasteiger partial charge is 0.317 e. The highest BCUT2D eigenvalue weighted by Crippen LogP contribution is 2.10. The molecule has 4 nitrogen and oxygen atoms in total. The Morgan fingerprint density at radius 3 is 1.89 bits per heavy atom. The molecule has 0 amide bonds. The van der Waals surface area contributed by atoms with Crippen LogP contribution in [0.3, 0.4) is 0 Å². The molecular formula is C15H29NO3. The number of nitrogens with zero attached hydrogens (tertiary/aromatic N) is 1. The Balaban J connectivity index is 3.10. The van der Waals surface area contributed by atoms with Crippen molar-refractivity contribution in [1.29, 1.82) is 0 Å². The van der Waals surface area contributed by atoms with Crippen LogP contribution in [0.4, 0.5) is 0 Å². The first-order chi connectivity index (χ1) is 9.16. The van der Waals surface area contributed by atoms with Gasteiger partial charge in [0.05, 0.1) is 6.54 Å². The van der Waals surface area contributed by atoms with E-state index >= 15 is 0 Å². The van der Waals surface area contributed by atoms with Gasteiger partial charge < -0.3 is 9.90 Å². The summed E-state index contributed by atoms with van der Waals surface area (Å²) in [6, 6.07) is 0. The molecule has 0 atom stereocenters. The second kappa shape index (κ2) is 13.5. The van der Waals surface area contributed by atoms with E-state index in [4.69, 9.17) is 5.11 Å². The third kappa shape index (κ3) is 15.0. The van der Waals surface area contributed by atoms with E-state index in [1.807, 2.05) is 11.9 Å². The average molecular weight is 271 g/mol. The molecular weight excluding hydrogens is 242 g/mol. The van der Waals surface area contributed by atoms with Crippen LogP contribution in [0, 0.1) is 0 Å². The van der Waals surface area contributed by atoms with Crippen molar-refractivity contribution in [2.45, 2.75) is 64.2 Å². The SMILES string of the molecule is CN(CCCCCCCCCCCC=O)CC(=O)O. The van der Waals surface area contributed by atoms with Crippen molar-refractivity contribution in [2.24, 2.45) is 0 Å². The van der Waals surface area contributed by atoms with Gasteiger partial charge in [0.25, 0.3) is 0 Å². The molecule has 0 unspecified atom stereocenters. The van der Waals surface area contributed by atoms with Gasteiger partial charge in [-0.2, -0.15) is 0 Å². The summed E-state index contributed by atoms with van der Waals surface area (Å²) in [6.45, 7) is 1.01. The molecule has 0 aliphatic rings. The zero-order valence-corrected chi connectivity index (χ0v) is 12.3. The molecule has 0 saturated heterocycles. The van der Waals surface area contributed by atoms with Gasteiger partial charge in [0.2, 0.25) is 0 Å². The van der Waals surface area contributed by atoms with E-state index in [0.717, 1.165) is 25.7 Å². The number of carbonyl (C=O) groups excluding carboxylic acids is 1. The Hall–Kier alpha value is -0.900. The molecule has 0 aromatic heterocycles. The van der Waals surface area contributed by atoms with E-state index in [-0.39, 0.29) is 6.54 Å². The molecule has 112 valence electrons. The number of unbranched alkanes of at least 4 members (excludes halogenated alkanes) is 9. The number of aliphatic carboxylic acids is 1. The molecule has 0 heterocycles. The van der Waals surface area contributed by atoms with Crippen molar-refractivity contribution in [2.75, 3.05) is 20.1 Å². The van der Waals surface area contributed by atoms with E-state index < -0.39 is 5.97 Å². The summed E-state index contributed by atoms with van der Waals surface area (Å²) in [6.07, 6.45) is 12.5. The highest BCUT2D eigenvalue weighted by Gasteiger charge is 2.02. The van der Waals surface area contributed by atoms with Crippen LogP contribution in [0.2, 0.25) is 0 Å². The number of rotatable bonds is 14. The Bertz CT molecular complexity index is 231. The predicted octanol–water partition coefficient (Wildman–Crippen LogP) is 3.10. The first-order valence-electron chi connectivity index (χ1n) is 7.50. The largest absolute Gasteiger partial charge is 0.480 e. The number of aldehydes is 1. The van der Waals surface area contributed by atoms with E-state index in [2.05, 4.69) is 0 Å². The third-order valence-corrected chi connectivity index (χ3v) is 3.27. The van der Waals surface area contributed by atoms with Gasteiger partial charge in [-0.25, -0.2) is 0 Å². The van der Waals surface area contributed by atoms with Crippen LogP contribution >= 0.6 is 0 Å². The lowest BCUT2D eigenvalue weighted by molar-refractivity contribution is -0.138. The fourth-order valence-electron chi connectivity index (χ4n) is 2.16. The number of carboxylic acid groups (broad SMARTS) is 1. The van der Waals surface area contributed by atoms with Crippen molar-refractivity contribution < 1.29 is 14.7 Å². The molecule has 4 heteroatoms. The van der Waals surface area contributed by atoms with E-state index in [9.17, 15) is 9.59 Å². The molecule has 0 aromatic carbocycles. The molecule has 0 spiro atoms. The second-order valence-electron chi connectivity index (χ2n) is 5.27. The molecule has 0 bridgehead atoms. The Morgan fingerprint density at radius 1 is 0.947 bits per heavy atom.